The summed E-state index contributed by atoms with van der Waals surface area (Å²) in [6.45, 7) is 1.84. The van der Waals surface area contributed by atoms with E-state index >= 15 is 0 Å². The maximum Gasteiger partial charge on any atom is 0.328 e. The number of aromatic nitrogens is 2. The molecule has 6 nitrogen and oxygen atoms in total. The van der Waals surface area contributed by atoms with Crippen LogP contribution < -0.4 is 5.32 Å². The van der Waals surface area contributed by atoms with Gasteiger partial charge in [0.1, 0.15) is 5.82 Å². The molecule has 134 valence electrons. The average Bonchev–Trinajstić information content (AvgIpc) is 3.01. The quantitative estimate of drug-likeness (QED) is 0.608. The number of imidazole rings is 1. The Morgan fingerprint density at radius 2 is 2.00 bits per heavy atom. The first-order valence-corrected chi connectivity index (χ1v) is 8.36. The van der Waals surface area contributed by atoms with Gasteiger partial charge in [-0.05, 0) is 29.8 Å². The van der Waals surface area contributed by atoms with Crippen LogP contribution in [0.4, 0.5) is 5.69 Å². The highest BCUT2D eigenvalue weighted by Crippen LogP contribution is 2.20. The molecule has 2 N–H and O–H groups in total. The van der Waals surface area contributed by atoms with E-state index in [0.29, 0.717) is 19.7 Å². The van der Waals surface area contributed by atoms with Crippen molar-refractivity contribution in [2.45, 2.75) is 13.1 Å². The summed E-state index contributed by atoms with van der Waals surface area (Å²) in [4.78, 5) is 15.5. The van der Waals surface area contributed by atoms with Gasteiger partial charge in [-0.1, -0.05) is 30.3 Å². The summed E-state index contributed by atoms with van der Waals surface area (Å²) >= 11 is 0. The van der Waals surface area contributed by atoms with Crippen molar-refractivity contribution < 1.29 is 14.6 Å². The fourth-order valence-electron chi connectivity index (χ4n) is 2.83. The highest BCUT2D eigenvalue weighted by atomic mass is 16.5. The number of rotatable bonds is 8. The Balaban J connectivity index is 1.85. The van der Waals surface area contributed by atoms with Gasteiger partial charge < -0.3 is 19.7 Å². The lowest BCUT2D eigenvalue weighted by molar-refractivity contribution is -0.131. The molecule has 3 rings (SSSR count). The Bertz CT molecular complexity index is 931. The zero-order valence-corrected chi connectivity index (χ0v) is 14.6. The molecule has 3 aromatic rings. The van der Waals surface area contributed by atoms with Gasteiger partial charge in [0.2, 0.25) is 0 Å². The molecule has 0 atom stereocenters. The van der Waals surface area contributed by atoms with Crippen LogP contribution in [0, 0.1) is 0 Å². The Morgan fingerprint density at radius 3 is 2.81 bits per heavy atom. The molecule has 0 aliphatic rings. The van der Waals surface area contributed by atoms with Gasteiger partial charge in [0.15, 0.2) is 0 Å². The number of fused-ring (bicyclic) bond motifs is 1. The van der Waals surface area contributed by atoms with Crippen LogP contribution in [-0.4, -0.2) is 34.3 Å². The smallest absolute Gasteiger partial charge is 0.328 e. The molecular weight excluding hydrogens is 330 g/mol. The van der Waals surface area contributed by atoms with Gasteiger partial charge >= 0.3 is 5.97 Å². The largest absolute Gasteiger partial charge is 0.478 e. The average molecular weight is 351 g/mol. The maximum atomic E-state index is 10.8. The number of hydrogen-bond donors (Lipinski definition) is 2. The van der Waals surface area contributed by atoms with Crippen molar-refractivity contribution in [3.63, 3.8) is 0 Å². The first-order chi connectivity index (χ1) is 12.7. The second kappa shape index (κ2) is 8.31. The maximum absolute atomic E-state index is 10.8. The summed E-state index contributed by atoms with van der Waals surface area (Å²) in [5.41, 5.74) is 3.68. The van der Waals surface area contributed by atoms with E-state index in [-0.39, 0.29) is 0 Å². The van der Waals surface area contributed by atoms with E-state index < -0.39 is 5.97 Å². The third-order valence-corrected chi connectivity index (χ3v) is 4.06. The molecule has 0 aliphatic carbocycles. The number of nitrogens with zero attached hydrogens (tertiary/aromatic N) is 2. The fourth-order valence-corrected chi connectivity index (χ4v) is 2.83. The van der Waals surface area contributed by atoms with Crippen molar-refractivity contribution in [1.82, 2.24) is 9.55 Å². The molecule has 6 heteroatoms. The number of nitrogens with one attached hydrogen (secondary N) is 1. The summed E-state index contributed by atoms with van der Waals surface area (Å²) in [7, 11) is 1.68. The standard InChI is InChI=1S/C20H21N3O3/c1-26-13-12-23-18-9-5-4-8-17(18)22-19(23)14-21-16-7-3-2-6-15(16)10-11-20(24)25/h2-11,21H,12-14H2,1H3,(H,24,25). The number of aliphatic carboxylic acids is 1. The monoisotopic (exact) mass is 351 g/mol. The molecule has 0 unspecified atom stereocenters. The first kappa shape index (κ1) is 17.7. The first-order valence-electron chi connectivity index (χ1n) is 8.36. The minimum absolute atomic E-state index is 0.524. The molecule has 0 spiro atoms. The number of para-hydroxylation sites is 3. The van der Waals surface area contributed by atoms with Crippen LogP contribution in [0.3, 0.4) is 0 Å². The van der Waals surface area contributed by atoms with Crippen LogP contribution in [0.5, 0.6) is 0 Å². The predicted molar refractivity (Wildman–Crippen MR) is 102 cm³/mol. The normalized spacial score (nSPS) is 11.3. The molecule has 1 heterocycles. The van der Waals surface area contributed by atoms with Crippen molar-refractivity contribution in [3.8, 4) is 0 Å². The number of hydrogen-bond acceptors (Lipinski definition) is 4. The summed E-state index contributed by atoms with van der Waals surface area (Å²) in [6.07, 6.45) is 2.72. The van der Waals surface area contributed by atoms with Crippen LogP contribution in [0.1, 0.15) is 11.4 Å². The van der Waals surface area contributed by atoms with E-state index in [2.05, 4.69) is 9.88 Å². The van der Waals surface area contributed by atoms with Crippen LogP contribution in [-0.2, 0) is 22.6 Å². The number of ether oxygens (including phenoxy) is 1. The van der Waals surface area contributed by atoms with Crippen molar-refractivity contribution in [3.05, 3.63) is 66.0 Å². The third-order valence-electron chi connectivity index (χ3n) is 4.06. The Morgan fingerprint density at radius 1 is 1.23 bits per heavy atom. The number of methoxy groups -OCH3 is 1. The van der Waals surface area contributed by atoms with Crippen LogP contribution >= 0.6 is 0 Å². The molecule has 0 fully saturated rings. The van der Waals surface area contributed by atoms with Crippen molar-refractivity contribution >= 4 is 28.8 Å². The van der Waals surface area contributed by atoms with Gasteiger partial charge in [0.25, 0.3) is 0 Å². The number of carboxylic acid groups (broad SMARTS) is 1. The Hall–Kier alpha value is -3.12. The molecule has 0 saturated carbocycles. The van der Waals surface area contributed by atoms with E-state index in [1.165, 1.54) is 0 Å². The van der Waals surface area contributed by atoms with Gasteiger partial charge in [0.05, 0.1) is 24.2 Å². The molecule has 0 amide bonds. The highest BCUT2D eigenvalue weighted by molar-refractivity contribution is 5.86. The lowest BCUT2D eigenvalue weighted by atomic mass is 10.1. The SMILES string of the molecule is COCCn1c(CNc2ccccc2C=CC(=O)O)nc2ccccc21. The number of benzene rings is 2. The van der Waals surface area contributed by atoms with Gasteiger partial charge in [-0.3, -0.25) is 0 Å². The van der Waals surface area contributed by atoms with Crippen LogP contribution in [0.25, 0.3) is 17.1 Å². The number of carbonyl (C=O) groups is 1. The van der Waals surface area contributed by atoms with Gasteiger partial charge in [-0.25, -0.2) is 9.78 Å². The van der Waals surface area contributed by atoms with Gasteiger partial charge in [0, 0.05) is 25.4 Å². The number of anilines is 1. The minimum atomic E-state index is -0.971. The molecule has 0 bridgehead atoms. The second-order valence-corrected chi connectivity index (χ2v) is 5.77. The summed E-state index contributed by atoms with van der Waals surface area (Å²) in [6, 6.07) is 15.6. The van der Waals surface area contributed by atoms with E-state index in [1.54, 1.807) is 13.2 Å². The Labute approximate surface area is 151 Å². The topological polar surface area (TPSA) is 76.4 Å². The van der Waals surface area contributed by atoms with Gasteiger partial charge in [-0.2, -0.15) is 0 Å². The summed E-state index contributed by atoms with van der Waals surface area (Å²) in [5.74, 6) is -0.0681. The van der Waals surface area contributed by atoms with E-state index in [1.807, 2.05) is 48.5 Å². The molecule has 0 saturated heterocycles. The minimum Gasteiger partial charge on any atom is -0.478 e. The molecule has 0 radical (unpaired) electrons. The summed E-state index contributed by atoms with van der Waals surface area (Å²) < 4.78 is 7.36. The number of carboxylic acids is 1. The zero-order valence-electron chi connectivity index (χ0n) is 14.6. The van der Waals surface area contributed by atoms with E-state index in [4.69, 9.17) is 14.8 Å². The fraction of sp³-hybridized carbons (Fsp3) is 0.200. The molecule has 2 aromatic carbocycles. The summed E-state index contributed by atoms with van der Waals surface area (Å²) in [5, 5.41) is 12.2. The third kappa shape index (κ3) is 4.10. The molecule has 0 aliphatic heterocycles. The van der Waals surface area contributed by atoms with E-state index in [9.17, 15) is 4.79 Å². The van der Waals surface area contributed by atoms with Crippen LogP contribution in [0.15, 0.2) is 54.6 Å². The predicted octanol–water partition coefficient (Wildman–Crippen LogP) is 3.39. The Kier molecular flexibility index (Phi) is 5.66. The molecular formula is C20H21N3O3. The van der Waals surface area contributed by atoms with E-state index in [0.717, 1.165) is 34.2 Å². The van der Waals surface area contributed by atoms with Gasteiger partial charge in [-0.15, -0.1) is 0 Å². The zero-order chi connectivity index (χ0) is 18.4. The second-order valence-electron chi connectivity index (χ2n) is 5.77. The van der Waals surface area contributed by atoms with Crippen molar-refractivity contribution in [2.75, 3.05) is 19.0 Å². The van der Waals surface area contributed by atoms with Crippen molar-refractivity contribution in [2.24, 2.45) is 0 Å². The molecule has 1 aromatic heterocycles. The molecule has 26 heavy (non-hydrogen) atoms. The van der Waals surface area contributed by atoms with Crippen LogP contribution in [0.2, 0.25) is 0 Å². The van der Waals surface area contributed by atoms with Crippen molar-refractivity contribution in [1.29, 1.82) is 0 Å². The highest BCUT2D eigenvalue weighted by Gasteiger charge is 2.10. The lowest BCUT2D eigenvalue weighted by Gasteiger charge is -2.12. The lowest BCUT2D eigenvalue weighted by Crippen LogP contribution is -2.12.